The van der Waals surface area contributed by atoms with E-state index >= 15 is 0 Å². The van der Waals surface area contributed by atoms with E-state index in [0.717, 1.165) is 30.5 Å². The Hall–Kier alpha value is -3.02. The largest absolute Gasteiger partial charge is 0.335 e. The van der Waals surface area contributed by atoms with Crippen LogP contribution in [-0.4, -0.2) is 21.1 Å². The summed E-state index contributed by atoms with van der Waals surface area (Å²) in [4.78, 5) is 23.4. The molecule has 4 rings (SSSR count). The zero-order valence-corrected chi connectivity index (χ0v) is 14.5. The van der Waals surface area contributed by atoms with Gasteiger partial charge in [0.25, 0.3) is 5.56 Å². The average Bonchev–Trinajstić information content (AvgIpc) is 3.14. The van der Waals surface area contributed by atoms with Crippen LogP contribution in [0.4, 0.5) is 10.3 Å². The summed E-state index contributed by atoms with van der Waals surface area (Å²) < 4.78 is 14.9. The predicted molar refractivity (Wildman–Crippen MR) is 98.4 cm³/mol. The Morgan fingerprint density at radius 3 is 2.58 bits per heavy atom. The van der Waals surface area contributed by atoms with Crippen LogP contribution in [0, 0.1) is 5.82 Å². The molecule has 3 aromatic rings. The Morgan fingerprint density at radius 1 is 1.12 bits per heavy atom. The SMILES string of the molecule is Cn1c(N2CCCC2c2ccc(F)cc2)nc(-c2ccncc2)cc1=O. The first-order valence-electron chi connectivity index (χ1n) is 8.64. The molecule has 0 bridgehead atoms. The topological polar surface area (TPSA) is 51.0 Å². The average molecular weight is 350 g/mol. The molecule has 0 aliphatic carbocycles. The molecular weight excluding hydrogens is 331 g/mol. The van der Waals surface area contributed by atoms with Crippen LogP contribution < -0.4 is 10.5 Å². The van der Waals surface area contributed by atoms with Gasteiger partial charge in [0.05, 0.1) is 11.7 Å². The van der Waals surface area contributed by atoms with Crippen molar-refractivity contribution in [3.63, 3.8) is 0 Å². The smallest absolute Gasteiger partial charge is 0.255 e. The zero-order chi connectivity index (χ0) is 18.1. The molecule has 5 nitrogen and oxygen atoms in total. The van der Waals surface area contributed by atoms with E-state index in [4.69, 9.17) is 4.98 Å². The molecule has 0 N–H and O–H groups in total. The zero-order valence-electron chi connectivity index (χ0n) is 14.5. The van der Waals surface area contributed by atoms with E-state index in [1.54, 1.807) is 30.1 Å². The van der Waals surface area contributed by atoms with Gasteiger partial charge in [-0.15, -0.1) is 0 Å². The van der Waals surface area contributed by atoms with Gasteiger partial charge in [0.15, 0.2) is 0 Å². The lowest BCUT2D eigenvalue weighted by atomic mass is 10.0. The van der Waals surface area contributed by atoms with Crippen molar-refractivity contribution in [1.29, 1.82) is 0 Å². The number of nitrogens with zero attached hydrogens (tertiary/aromatic N) is 4. The summed E-state index contributed by atoms with van der Waals surface area (Å²) in [5, 5.41) is 0. The van der Waals surface area contributed by atoms with Crippen LogP contribution in [0.1, 0.15) is 24.4 Å². The first-order valence-corrected chi connectivity index (χ1v) is 8.64. The number of anilines is 1. The highest BCUT2D eigenvalue weighted by Crippen LogP contribution is 2.35. The Balaban J connectivity index is 1.77. The molecule has 0 spiro atoms. The number of pyridine rings is 1. The minimum atomic E-state index is -0.247. The van der Waals surface area contributed by atoms with E-state index in [1.165, 1.54) is 12.1 Å². The van der Waals surface area contributed by atoms with Crippen LogP contribution in [0.5, 0.6) is 0 Å². The van der Waals surface area contributed by atoms with E-state index in [2.05, 4.69) is 9.88 Å². The van der Waals surface area contributed by atoms with Gasteiger partial charge in [0.2, 0.25) is 5.95 Å². The van der Waals surface area contributed by atoms with Gasteiger partial charge in [0, 0.05) is 37.6 Å². The van der Waals surface area contributed by atoms with Crippen LogP contribution in [0.25, 0.3) is 11.3 Å². The van der Waals surface area contributed by atoms with Crippen molar-refractivity contribution < 1.29 is 4.39 Å². The summed E-state index contributed by atoms with van der Waals surface area (Å²) in [5.74, 6) is 0.389. The van der Waals surface area contributed by atoms with Crippen LogP contribution in [0.3, 0.4) is 0 Å². The molecule has 1 unspecified atom stereocenters. The van der Waals surface area contributed by atoms with E-state index in [0.29, 0.717) is 11.6 Å². The molecular formula is C20H19FN4O. The van der Waals surface area contributed by atoms with Gasteiger partial charge >= 0.3 is 0 Å². The summed E-state index contributed by atoms with van der Waals surface area (Å²) in [6, 6.07) is 11.9. The van der Waals surface area contributed by atoms with Gasteiger partial charge in [-0.2, -0.15) is 0 Å². The van der Waals surface area contributed by atoms with Crippen molar-refractivity contribution in [2.75, 3.05) is 11.4 Å². The van der Waals surface area contributed by atoms with E-state index in [-0.39, 0.29) is 17.4 Å². The molecule has 132 valence electrons. The van der Waals surface area contributed by atoms with Gasteiger partial charge in [0.1, 0.15) is 5.82 Å². The van der Waals surface area contributed by atoms with E-state index < -0.39 is 0 Å². The number of rotatable bonds is 3. The second-order valence-electron chi connectivity index (χ2n) is 6.48. The molecule has 2 aromatic heterocycles. The molecule has 1 aliphatic heterocycles. The van der Waals surface area contributed by atoms with Crippen molar-refractivity contribution in [3.05, 3.63) is 76.6 Å². The fraction of sp³-hybridized carbons (Fsp3) is 0.250. The summed E-state index contributed by atoms with van der Waals surface area (Å²) >= 11 is 0. The molecule has 1 saturated heterocycles. The second-order valence-corrected chi connectivity index (χ2v) is 6.48. The van der Waals surface area contributed by atoms with Gasteiger partial charge in [-0.05, 0) is 42.7 Å². The number of aromatic nitrogens is 3. The Bertz CT molecular complexity index is 969. The maximum absolute atomic E-state index is 13.3. The van der Waals surface area contributed by atoms with E-state index in [1.807, 2.05) is 24.3 Å². The number of hydrogen-bond donors (Lipinski definition) is 0. The lowest BCUT2D eigenvalue weighted by Crippen LogP contribution is -2.31. The maximum atomic E-state index is 13.3. The quantitative estimate of drug-likeness (QED) is 0.727. The molecule has 3 heterocycles. The fourth-order valence-electron chi connectivity index (χ4n) is 3.49. The fourth-order valence-corrected chi connectivity index (χ4v) is 3.49. The van der Waals surface area contributed by atoms with Crippen LogP contribution in [-0.2, 0) is 7.05 Å². The van der Waals surface area contributed by atoms with Gasteiger partial charge < -0.3 is 4.90 Å². The Morgan fingerprint density at radius 2 is 1.85 bits per heavy atom. The lowest BCUT2D eigenvalue weighted by molar-refractivity contribution is 0.622. The van der Waals surface area contributed by atoms with Gasteiger partial charge in [-0.3, -0.25) is 14.3 Å². The van der Waals surface area contributed by atoms with Crippen molar-refractivity contribution in [2.45, 2.75) is 18.9 Å². The first kappa shape index (κ1) is 16.4. The first-order chi connectivity index (χ1) is 12.6. The van der Waals surface area contributed by atoms with Crippen molar-refractivity contribution >= 4 is 5.95 Å². The molecule has 1 fully saturated rings. The third-order valence-electron chi connectivity index (χ3n) is 4.85. The third-order valence-corrected chi connectivity index (χ3v) is 4.85. The number of hydrogen-bond acceptors (Lipinski definition) is 4. The highest BCUT2D eigenvalue weighted by atomic mass is 19.1. The highest BCUT2D eigenvalue weighted by molar-refractivity contribution is 5.59. The highest BCUT2D eigenvalue weighted by Gasteiger charge is 2.29. The Kier molecular flexibility index (Phi) is 4.24. The van der Waals surface area contributed by atoms with Crippen molar-refractivity contribution in [1.82, 2.24) is 14.5 Å². The van der Waals surface area contributed by atoms with Crippen LogP contribution in [0.2, 0.25) is 0 Å². The standard InChI is InChI=1S/C20H19FN4O/c1-24-19(26)13-17(14-8-10-22-11-9-14)23-20(24)25-12-2-3-18(25)15-4-6-16(21)7-5-15/h4-11,13,18H,2-3,12H2,1H3. The number of halogens is 1. The van der Waals surface area contributed by atoms with Gasteiger partial charge in [-0.1, -0.05) is 12.1 Å². The third kappa shape index (κ3) is 2.98. The minimum absolute atomic E-state index is 0.0846. The van der Waals surface area contributed by atoms with Crippen LogP contribution in [0.15, 0.2) is 59.7 Å². The number of benzene rings is 1. The summed E-state index contributed by atoms with van der Waals surface area (Å²) in [6.07, 6.45) is 5.31. The molecule has 1 aliphatic rings. The Labute approximate surface area is 150 Å². The summed E-state index contributed by atoms with van der Waals surface area (Å²) in [7, 11) is 1.74. The van der Waals surface area contributed by atoms with Crippen LogP contribution >= 0.6 is 0 Å². The molecule has 0 radical (unpaired) electrons. The molecule has 1 aromatic carbocycles. The molecule has 1 atom stereocenters. The summed E-state index contributed by atoms with van der Waals surface area (Å²) in [6.45, 7) is 0.808. The normalized spacial score (nSPS) is 16.8. The van der Waals surface area contributed by atoms with Crippen molar-refractivity contribution in [2.24, 2.45) is 7.05 Å². The maximum Gasteiger partial charge on any atom is 0.255 e. The second kappa shape index (κ2) is 6.71. The molecule has 26 heavy (non-hydrogen) atoms. The molecule has 6 heteroatoms. The monoisotopic (exact) mass is 350 g/mol. The lowest BCUT2D eigenvalue weighted by Gasteiger charge is -2.27. The predicted octanol–water partition coefficient (Wildman–Crippen LogP) is 3.32. The van der Waals surface area contributed by atoms with Crippen molar-refractivity contribution in [3.8, 4) is 11.3 Å². The van der Waals surface area contributed by atoms with Gasteiger partial charge in [-0.25, -0.2) is 9.37 Å². The molecule has 0 saturated carbocycles. The minimum Gasteiger partial charge on any atom is -0.335 e. The summed E-state index contributed by atoms with van der Waals surface area (Å²) in [5.41, 5.74) is 2.42. The van der Waals surface area contributed by atoms with E-state index in [9.17, 15) is 9.18 Å². The molecule has 0 amide bonds.